The smallest absolute Gasteiger partial charge is 0.247 e. The maximum Gasteiger partial charge on any atom is 0.247 e. The van der Waals surface area contributed by atoms with Crippen LogP contribution in [0.4, 0.5) is 17.3 Å². The number of benzene rings is 1. The number of anilines is 3. The normalized spacial score (nSPS) is 9.53. The zero-order valence-corrected chi connectivity index (χ0v) is 7.77. The molecule has 0 unspecified atom stereocenters. The summed E-state index contributed by atoms with van der Waals surface area (Å²) in [6.07, 6.45) is 1.35. The highest BCUT2D eigenvalue weighted by Crippen LogP contribution is 2.24. The summed E-state index contributed by atoms with van der Waals surface area (Å²) in [6.45, 7) is 0. The maximum atomic E-state index is 8.73. The number of hydrogen-bond donors (Lipinski definition) is 2. The lowest BCUT2D eigenvalue weighted by Gasteiger charge is -2.04. The summed E-state index contributed by atoms with van der Waals surface area (Å²) < 4.78 is 4.88. The lowest BCUT2D eigenvalue weighted by atomic mass is 10.2. The molecule has 0 atom stereocenters. The van der Waals surface area contributed by atoms with E-state index in [0.29, 0.717) is 22.8 Å². The summed E-state index contributed by atoms with van der Waals surface area (Å²) >= 11 is 0. The molecule has 74 valence electrons. The van der Waals surface area contributed by atoms with Crippen LogP contribution in [0.5, 0.6) is 0 Å². The van der Waals surface area contributed by atoms with Gasteiger partial charge in [-0.3, -0.25) is 0 Å². The van der Waals surface area contributed by atoms with Gasteiger partial charge in [0.1, 0.15) is 11.6 Å². The Morgan fingerprint density at radius 3 is 2.93 bits per heavy atom. The fourth-order valence-electron chi connectivity index (χ4n) is 1.14. The summed E-state index contributed by atoms with van der Waals surface area (Å²) in [4.78, 5) is 0. The first kappa shape index (κ1) is 9.09. The van der Waals surface area contributed by atoms with Crippen molar-refractivity contribution in [1.29, 1.82) is 5.26 Å². The van der Waals surface area contributed by atoms with Crippen molar-refractivity contribution in [1.82, 2.24) is 5.16 Å². The quantitative estimate of drug-likeness (QED) is 0.722. The Bertz CT molecular complexity index is 512. The lowest BCUT2D eigenvalue weighted by molar-refractivity contribution is 0.435. The molecular weight excluding hydrogens is 192 g/mol. The highest BCUT2D eigenvalue weighted by molar-refractivity contribution is 5.72. The van der Waals surface area contributed by atoms with E-state index < -0.39 is 0 Å². The molecular formula is C10H8N4O. The summed E-state index contributed by atoms with van der Waals surface area (Å²) in [7, 11) is 0. The van der Waals surface area contributed by atoms with Gasteiger partial charge in [-0.2, -0.15) is 5.26 Å². The molecule has 0 aliphatic rings. The largest absolute Gasteiger partial charge is 0.397 e. The van der Waals surface area contributed by atoms with Crippen molar-refractivity contribution in [2.24, 2.45) is 0 Å². The van der Waals surface area contributed by atoms with Crippen LogP contribution in [0.15, 0.2) is 35.0 Å². The third-order valence-corrected chi connectivity index (χ3v) is 1.90. The standard InChI is InChI=1S/C10H8N4O/c11-5-7-6-13-15-10(7)14-9-4-2-1-3-8(9)12/h1-4,6,14H,12H2. The van der Waals surface area contributed by atoms with E-state index in [9.17, 15) is 0 Å². The van der Waals surface area contributed by atoms with Crippen LogP contribution in [0.2, 0.25) is 0 Å². The first-order valence-corrected chi connectivity index (χ1v) is 4.27. The average Bonchev–Trinajstić information content (AvgIpc) is 2.69. The molecule has 0 saturated heterocycles. The van der Waals surface area contributed by atoms with E-state index >= 15 is 0 Å². The zero-order valence-electron chi connectivity index (χ0n) is 7.77. The Kier molecular flexibility index (Phi) is 2.25. The van der Waals surface area contributed by atoms with Crippen LogP contribution < -0.4 is 11.1 Å². The maximum absolute atomic E-state index is 8.73. The number of nitrogens with zero attached hydrogens (tertiary/aromatic N) is 2. The second-order valence-corrected chi connectivity index (χ2v) is 2.89. The van der Waals surface area contributed by atoms with Gasteiger partial charge in [-0.05, 0) is 12.1 Å². The summed E-state index contributed by atoms with van der Waals surface area (Å²) in [5.41, 5.74) is 7.33. The van der Waals surface area contributed by atoms with Gasteiger partial charge >= 0.3 is 0 Å². The van der Waals surface area contributed by atoms with Crippen LogP contribution in [0.25, 0.3) is 0 Å². The minimum atomic E-state index is 0.301. The molecule has 5 nitrogen and oxygen atoms in total. The van der Waals surface area contributed by atoms with Crippen LogP contribution >= 0.6 is 0 Å². The van der Waals surface area contributed by atoms with Gasteiger partial charge in [0.2, 0.25) is 5.88 Å². The molecule has 0 fully saturated rings. The molecule has 0 spiro atoms. The Morgan fingerprint density at radius 2 is 2.20 bits per heavy atom. The van der Waals surface area contributed by atoms with Gasteiger partial charge in [0.25, 0.3) is 0 Å². The number of nitrogens with one attached hydrogen (secondary N) is 1. The number of para-hydroxylation sites is 2. The predicted octanol–water partition coefficient (Wildman–Crippen LogP) is 1.87. The van der Waals surface area contributed by atoms with E-state index in [0.717, 1.165) is 0 Å². The van der Waals surface area contributed by atoms with Crippen molar-refractivity contribution in [2.75, 3.05) is 11.1 Å². The first-order chi connectivity index (χ1) is 7.31. The second kappa shape index (κ2) is 3.72. The monoisotopic (exact) mass is 200 g/mol. The van der Waals surface area contributed by atoms with Crippen molar-refractivity contribution in [3.8, 4) is 6.07 Å². The number of nitriles is 1. The minimum Gasteiger partial charge on any atom is -0.397 e. The fraction of sp³-hybridized carbons (Fsp3) is 0. The molecule has 0 aliphatic heterocycles. The molecule has 5 heteroatoms. The summed E-state index contributed by atoms with van der Waals surface area (Å²) in [5.74, 6) is 0.301. The fourth-order valence-corrected chi connectivity index (χ4v) is 1.14. The third-order valence-electron chi connectivity index (χ3n) is 1.90. The van der Waals surface area contributed by atoms with E-state index in [1.54, 1.807) is 12.1 Å². The Hall–Kier alpha value is -2.48. The highest BCUT2D eigenvalue weighted by atomic mass is 16.5. The van der Waals surface area contributed by atoms with E-state index in [1.807, 2.05) is 18.2 Å². The molecule has 15 heavy (non-hydrogen) atoms. The Labute approximate surface area is 86.1 Å². The van der Waals surface area contributed by atoms with Gasteiger partial charge in [0.05, 0.1) is 17.6 Å². The van der Waals surface area contributed by atoms with Crippen LogP contribution in [0, 0.1) is 11.3 Å². The third kappa shape index (κ3) is 1.74. The molecule has 0 amide bonds. The van der Waals surface area contributed by atoms with Gasteiger partial charge in [0, 0.05) is 0 Å². The van der Waals surface area contributed by atoms with Crippen molar-refractivity contribution in [3.05, 3.63) is 36.0 Å². The number of hydrogen-bond acceptors (Lipinski definition) is 5. The molecule has 1 aromatic carbocycles. The van der Waals surface area contributed by atoms with Gasteiger partial charge < -0.3 is 15.6 Å². The lowest BCUT2D eigenvalue weighted by Crippen LogP contribution is -1.95. The van der Waals surface area contributed by atoms with Crippen molar-refractivity contribution in [3.63, 3.8) is 0 Å². The van der Waals surface area contributed by atoms with Crippen molar-refractivity contribution in [2.45, 2.75) is 0 Å². The Balaban J connectivity index is 2.31. The molecule has 2 rings (SSSR count). The predicted molar refractivity (Wildman–Crippen MR) is 55.4 cm³/mol. The number of rotatable bonds is 2. The second-order valence-electron chi connectivity index (χ2n) is 2.89. The van der Waals surface area contributed by atoms with Crippen LogP contribution in [0.1, 0.15) is 5.56 Å². The van der Waals surface area contributed by atoms with Gasteiger partial charge in [-0.25, -0.2) is 0 Å². The van der Waals surface area contributed by atoms with Crippen LogP contribution in [-0.4, -0.2) is 5.16 Å². The van der Waals surface area contributed by atoms with Gasteiger partial charge in [0.15, 0.2) is 0 Å². The molecule has 1 aromatic heterocycles. The summed E-state index contributed by atoms with van der Waals surface area (Å²) in [5, 5.41) is 15.1. The zero-order chi connectivity index (χ0) is 10.7. The molecule has 0 bridgehead atoms. The molecule has 1 heterocycles. The minimum absolute atomic E-state index is 0.301. The van der Waals surface area contributed by atoms with Crippen molar-refractivity contribution >= 4 is 17.3 Å². The number of nitrogen functional groups attached to an aromatic ring is 1. The number of aromatic nitrogens is 1. The molecule has 0 radical (unpaired) electrons. The molecule has 0 saturated carbocycles. The SMILES string of the molecule is N#Cc1cnoc1Nc1ccccc1N. The van der Waals surface area contributed by atoms with E-state index in [1.165, 1.54) is 6.20 Å². The van der Waals surface area contributed by atoms with E-state index in [2.05, 4.69) is 10.5 Å². The molecule has 0 aliphatic carbocycles. The summed E-state index contributed by atoms with van der Waals surface area (Å²) in [6, 6.07) is 9.16. The van der Waals surface area contributed by atoms with E-state index in [4.69, 9.17) is 15.5 Å². The highest BCUT2D eigenvalue weighted by Gasteiger charge is 2.08. The van der Waals surface area contributed by atoms with Crippen LogP contribution in [0.3, 0.4) is 0 Å². The van der Waals surface area contributed by atoms with E-state index in [-0.39, 0.29) is 0 Å². The van der Waals surface area contributed by atoms with Crippen LogP contribution in [-0.2, 0) is 0 Å². The number of nitrogens with two attached hydrogens (primary N) is 1. The molecule has 3 N–H and O–H groups in total. The first-order valence-electron chi connectivity index (χ1n) is 4.27. The van der Waals surface area contributed by atoms with Gasteiger partial charge in [-0.15, -0.1) is 0 Å². The molecule has 2 aromatic rings. The topological polar surface area (TPSA) is 87.9 Å². The van der Waals surface area contributed by atoms with Crippen molar-refractivity contribution < 1.29 is 4.52 Å². The average molecular weight is 200 g/mol. The Morgan fingerprint density at radius 1 is 1.40 bits per heavy atom. The van der Waals surface area contributed by atoms with Gasteiger partial charge in [-0.1, -0.05) is 17.3 Å².